The number of piperidine rings is 1. The number of nitrogens with one attached hydrogen (secondary N) is 1. The van der Waals surface area contributed by atoms with Gasteiger partial charge in [-0.1, -0.05) is 0 Å². The maximum absolute atomic E-state index is 12.7. The van der Waals surface area contributed by atoms with E-state index in [1.807, 2.05) is 4.90 Å². The number of aromatic nitrogens is 3. The second kappa shape index (κ2) is 9.60. The van der Waals surface area contributed by atoms with Crippen molar-refractivity contribution < 1.29 is 4.79 Å². The Bertz CT molecular complexity index is 702. The van der Waals surface area contributed by atoms with Crippen LogP contribution in [0.3, 0.4) is 0 Å². The highest BCUT2D eigenvalue weighted by atomic mass is 35.5. The molecule has 1 saturated heterocycles. The number of nitrogens with zero attached hydrogens (tertiary/aromatic N) is 4. The van der Waals surface area contributed by atoms with Crippen LogP contribution in [0.1, 0.15) is 35.4 Å². The topological polar surface area (TPSA) is 71.0 Å². The van der Waals surface area contributed by atoms with Gasteiger partial charge in [0.2, 0.25) is 0 Å². The van der Waals surface area contributed by atoms with Gasteiger partial charge in [0.25, 0.3) is 5.91 Å². The zero-order valence-corrected chi connectivity index (χ0v) is 16.8. The van der Waals surface area contributed by atoms with Crippen LogP contribution in [0.4, 0.5) is 0 Å². The second-order valence-corrected chi connectivity index (χ2v) is 7.55. The highest BCUT2D eigenvalue weighted by molar-refractivity contribution is 7.16. The number of hydrogen-bond acceptors (Lipinski definition) is 6. The van der Waals surface area contributed by atoms with Gasteiger partial charge in [-0.3, -0.25) is 4.79 Å². The normalized spacial score (nSPS) is 17.3. The molecule has 26 heavy (non-hydrogen) atoms. The maximum Gasteiger partial charge on any atom is 0.265 e. The first-order chi connectivity index (χ1) is 11.8. The standard InChI is InChI=1S/C17H21N5OS.2ClH/c23-17(14-11-21-16(24-14)15-18-6-1-7-19-15)22-8-4-13(5-9-22)20-10-12-2-3-12;;/h1,6-7,11-13,20H,2-5,8-10H2;2*1H. The molecule has 1 amide bonds. The average Bonchev–Trinajstić information content (AvgIpc) is 3.34. The van der Waals surface area contributed by atoms with Gasteiger partial charge in [-0.2, -0.15) is 0 Å². The van der Waals surface area contributed by atoms with E-state index in [9.17, 15) is 4.79 Å². The van der Waals surface area contributed by atoms with Gasteiger partial charge in [0.1, 0.15) is 4.88 Å². The van der Waals surface area contributed by atoms with Crippen LogP contribution in [0.15, 0.2) is 24.7 Å². The Labute approximate surface area is 169 Å². The van der Waals surface area contributed by atoms with Crippen molar-refractivity contribution in [1.82, 2.24) is 25.2 Å². The van der Waals surface area contributed by atoms with Gasteiger partial charge >= 0.3 is 0 Å². The lowest BCUT2D eigenvalue weighted by atomic mass is 10.0. The molecule has 2 aromatic heterocycles. The molecule has 9 heteroatoms. The molecule has 3 heterocycles. The highest BCUT2D eigenvalue weighted by Gasteiger charge is 2.27. The third-order valence-electron chi connectivity index (χ3n) is 4.65. The predicted octanol–water partition coefficient (Wildman–Crippen LogP) is 3.05. The zero-order valence-electron chi connectivity index (χ0n) is 14.3. The molecule has 0 radical (unpaired) electrons. The highest BCUT2D eigenvalue weighted by Crippen LogP contribution is 2.28. The molecule has 1 aliphatic carbocycles. The first-order valence-electron chi connectivity index (χ1n) is 8.55. The van der Waals surface area contributed by atoms with Gasteiger partial charge in [-0.25, -0.2) is 15.0 Å². The van der Waals surface area contributed by atoms with Crippen LogP contribution >= 0.6 is 36.2 Å². The number of halogens is 2. The largest absolute Gasteiger partial charge is 0.338 e. The van der Waals surface area contributed by atoms with Gasteiger partial charge in [-0.05, 0) is 44.2 Å². The Morgan fingerprint density at radius 3 is 2.46 bits per heavy atom. The van der Waals surface area contributed by atoms with Crippen molar-refractivity contribution in [1.29, 1.82) is 0 Å². The summed E-state index contributed by atoms with van der Waals surface area (Å²) in [6, 6.07) is 2.33. The number of hydrogen-bond donors (Lipinski definition) is 1. The summed E-state index contributed by atoms with van der Waals surface area (Å²) in [6.45, 7) is 2.78. The van der Waals surface area contributed by atoms with Gasteiger partial charge in [-0.15, -0.1) is 36.2 Å². The van der Waals surface area contributed by atoms with Crippen molar-refractivity contribution in [2.75, 3.05) is 19.6 Å². The Balaban J connectivity index is 0.00000121. The smallest absolute Gasteiger partial charge is 0.265 e. The van der Waals surface area contributed by atoms with Gasteiger partial charge < -0.3 is 10.2 Å². The van der Waals surface area contributed by atoms with Crippen molar-refractivity contribution >= 4 is 42.1 Å². The van der Waals surface area contributed by atoms with Crippen molar-refractivity contribution in [2.24, 2.45) is 5.92 Å². The van der Waals surface area contributed by atoms with E-state index in [4.69, 9.17) is 0 Å². The molecule has 0 unspecified atom stereocenters. The van der Waals surface area contributed by atoms with Crippen LogP contribution in [0.2, 0.25) is 0 Å². The molecule has 0 aromatic carbocycles. The predicted molar refractivity (Wildman–Crippen MR) is 107 cm³/mol. The summed E-state index contributed by atoms with van der Waals surface area (Å²) in [6.07, 6.45) is 9.84. The van der Waals surface area contributed by atoms with Crippen LogP contribution in [-0.2, 0) is 0 Å². The molecule has 1 saturated carbocycles. The molecule has 142 valence electrons. The van der Waals surface area contributed by atoms with E-state index >= 15 is 0 Å². The lowest BCUT2D eigenvalue weighted by Gasteiger charge is -2.32. The van der Waals surface area contributed by atoms with Crippen LogP contribution in [0.25, 0.3) is 10.8 Å². The Hall–Kier alpha value is -1.28. The Morgan fingerprint density at radius 1 is 1.12 bits per heavy atom. The number of rotatable bonds is 5. The van der Waals surface area contributed by atoms with E-state index in [0.29, 0.717) is 21.8 Å². The number of carbonyl (C=O) groups is 1. The summed E-state index contributed by atoms with van der Waals surface area (Å²) in [5.41, 5.74) is 0. The fraction of sp³-hybridized carbons (Fsp3) is 0.529. The lowest BCUT2D eigenvalue weighted by molar-refractivity contribution is 0.0709. The molecule has 2 aliphatic rings. The number of amides is 1. The van der Waals surface area contributed by atoms with E-state index < -0.39 is 0 Å². The quantitative estimate of drug-likeness (QED) is 0.812. The maximum atomic E-state index is 12.7. The van der Waals surface area contributed by atoms with Crippen LogP contribution in [0, 0.1) is 5.92 Å². The summed E-state index contributed by atoms with van der Waals surface area (Å²) >= 11 is 1.37. The van der Waals surface area contributed by atoms with Crippen LogP contribution in [0.5, 0.6) is 0 Å². The minimum absolute atomic E-state index is 0. The minimum atomic E-state index is 0. The average molecular weight is 416 g/mol. The molecule has 1 N–H and O–H groups in total. The zero-order chi connectivity index (χ0) is 16.4. The van der Waals surface area contributed by atoms with E-state index in [-0.39, 0.29) is 30.7 Å². The second-order valence-electron chi connectivity index (χ2n) is 6.52. The fourth-order valence-corrected chi connectivity index (χ4v) is 3.82. The van der Waals surface area contributed by atoms with Gasteiger partial charge in [0, 0.05) is 31.5 Å². The van der Waals surface area contributed by atoms with Crippen molar-refractivity contribution in [3.63, 3.8) is 0 Å². The van der Waals surface area contributed by atoms with E-state index in [0.717, 1.165) is 38.4 Å². The summed E-state index contributed by atoms with van der Waals surface area (Å²) in [5, 5.41) is 4.34. The Kier molecular flexibility index (Phi) is 7.76. The molecule has 0 bridgehead atoms. The van der Waals surface area contributed by atoms with Crippen molar-refractivity contribution in [2.45, 2.75) is 31.7 Å². The molecule has 2 aromatic rings. The molecular formula is C17H23Cl2N5OS. The van der Waals surface area contributed by atoms with Crippen LogP contribution < -0.4 is 5.32 Å². The molecule has 2 fully saturated rings. The first kappa shape index (κ1) is 21.0. The summed E-state index contributed by atoms with van der Waals surface area (Å²) in [7, 11) is 0. The van der Waals surface area contributed by atoms with Gasteiger partial charge in [0.05, 0.1) is 6.20 Å². The minimum Gasteiger partial charge on any atom is -0.338 e. The van der Waals surface area contributed by atoms with E-state index in [1.165, 1.54) is 24.2 Å². The molecule has 1 aliphatic heterocycles. The summed E-state index contributed by atoms with van der Waals surface area (Å²) in [5.74, 6) is 1.56. The van der Waals surface area contributed by atoms with Crippen molar-refractivity contribution in [3.05, 3.63) is 29.5 Å². The first-order valence-corrected chi connectivity index (χ1v) is 9.37. The molecule has 0 atom stereocenters. The number of carbonyl (C=O) groups excluding carboxylic acids is 1. The van der Waals surface area contributed by atoms with Crippen LogP contribution in [-0.4, -0.2) is 51.4 Å². The number of likely N-dealkylation sites (tertiary alicyclic amines) is 1. The third kappa shape index (κ3) is 5.13. The van der Waals surface area contributed by atoms with E-state index in [1.54, 1.807) is 24.7 Å². The van der Waals surface area contributed by atoms with E-state index in [2.05, 4.69) is 20.3 Å². The molecule has 4 rings (SSSR count). The molecular weight excluding hydrogens is 393 g/mol. The fourth-order valence-electron chi connectivity index (χ4n) is 2.98. The SMILES string of the molecule is Cl.Cl.O=C(c1cnc(-c2ncccn2)s1)N1CCC(NCC2CC2)CC1. The summed E-state index contributed by atoms with van der Waals surface area (Å²) in [4.78, 5) is 28.0. The summed E-state index contributed by atoms with van der Waals surface area (Å²) < 4.78 is 0. The monoisotopic (exact) mass is 415 g/mol. The third-order valence-corrected chi connectivity index (χ3v) is 5.63. The molecule has 6 nitrogen and oxygen atoms in total. The lowest BCUT2D eigenvalue weighted by Crippen LogP contribution is -2.45. The van der Waals surface area contributed by atoms with Crippen molar-refractivity contribution in [3.8, 4) is 10.8 Å². The Morgan fingerprint density at radius 2 is 1.81 bits per heavy atom. The molecule has 0 spiro atoms. The number of thiazole rings is 1. The van der Waals surface area contributed by atoms with Gasteiger partial charge in [0.15, 0.2) is 10.8 Å².